The third-order valence-electron chi connectivity index (χ3n) is 2.14. The summed E-state index contributed by atoms with van der Waals surface area (Å²) in [6.45, 7) is 1.34. The number of hydrogen-bond acceptors (Lipinski definition) is 4. The first-order chi connectivity index (χ1) is 7.82. The zero-order chi connectivity index (χ0) is 13.2. The number of carbonyl (C=O) groups is 2. The fourth-order valence-corrected chi connectivity index (χ4v) is 1.39. The number of nitrogens with two attached hydrogens (primary N) is 2. The molecule has 1 rings (SSSR count). The average molecular weight is 258 g/mol. The van der Waals surface area contributed by atoms with Crippen molar-refractivity contribution in [1.29, 1.82) is 0 Å². The van der Waals surface area contributed by atoms with E-state index in [9.17, 15) is 9.59 Å². The molecule has 92 valence electrons. The highest BCUT2D eigenvalue weighted by Crippen LogP contribution is 2.25. The minimum absolute atomic E-state index is 0.0584. The number of carboxylic acids is 1. The van der Waals surface area contributed by atoms with E-state index in [1.165, 1.54) is 19.1 Å². The highest BCUT2D eigenvalue weighted by atomic mass is 35.5. The Hall–Kier alpha value is -1.95. The van der Waals surface area contributed by atoms with Gasteiger partial charge in [-0.1, -0.05) is 11.6 Å². The van der Waals surface area contributed by atoms with Crippen molar-refractivity contribution in [3.63, 3.8) is 0 Å². The molecule has 0 spiro atoms. The monoisotopic (exact) mass is 257 g/mol. The van der Waals surface area contributed by atoms with E-state index in [-0.39, 0.29) is 22.0 Å². The second-order valence-corrected chi connectivity index (χ2v) is 3.93. The lowest BCUT2D eigenvalue weighted by Gasteiger charge is -2.12. The van der Waals surface area contributed by atoms with Gasteiger partial charge in [-0.3, -0.25) is 9.59 Å². The molecule has 0 radical (unpaired) electrons. The largest absolute Gasteiger partial charge is 0.480 e. The van der Waals surface area contributed by atoms with Gasteiger partial charge in [0, 0.05) is 5.02 Å². The van der Waals surface area contributed by atoms with Crippen LogP contribution >= 0.6 is 11.6 Å². The van der Waals surface area contributed by atoms with Crippen LogP contribution in [-0.4, -0.2) is 23.0 Å². The van der Waals surface area contributed by atoms with Crippen LogP contribution in [0, 0.1) is 0 Å². The fourth-order valence-electron chi connectivity index (χ4n) is 1.16. The molecular weight excluding hydrogens is 246 g/mol. The Labute approximate surface area is 103 Å². The summed E-state index contributed by atoms with van der Waals surface area (Å²) < 4.78 is 0. The maximum Gasteiger partial charge on any atom is 0.325 e. The Balaban J connectivity index is 3.01. The minimum Gasteiger partial charge on any atom is -0.480 e. The summed E-state index contributed by atoms with van der Waals surface area (Å²) in [5.41, 5.74) is 11.5. The van der Waals surface area contributed by atoms with E-state index in [0.29, 0.717) is 0 Å². The van der Waals surface area contributed by atoms with Crippen LogP contribution in [0.25, 0.3) is 0 Å². The standard InChI is InChI=1S/C10H12ClN3O3/c1-4(10(16)17)14-9(15)6-2-5(11)3-7(12)8(6)13/h2-4H,12-13H2,1H3,(H,14,15)(H,16,17). The molecule has 0 heterocycles. The van der Waals surface area contributed by atoms with Gasteiger partial charge in [0.2, 0.25) is 0 Å². The van der Waals surface area contributed by atoms with Crippen molar-refractivity contribution >= 4 is 34.9 Å². The summed E-state index contributed by atoms with van der Waals surface area (Å²) >= 11 is 5.73. The van der Waals surface area contributed by atoms with Crippen LogP contribution in [0.1, 0.15) is 17.3 Å². The number of carbonyl (C=O) groups excluding carboxylic acids is 1. The van der Waals surface area contributed by atoms with Crippen LogP contribution in [0.15, 0.2) is 12.1 Å². The first-order valence-corrected chi connectivity index (χ1v) is 5.09. The van der Waals surface area contributed by atoms with E-state index < -0.39 is 17.9 Å². The molecule has 0 bridgehead atoms. The molecule has 0 aliphatic heterocycles. The highest BCUT2D eigenvalue weighted by molar-refractivity contribution is 6.31. The Bertz CT molecular complexity index is 476. The third-order valence-corrected chi connectivity index (χ3v) is 2.36. The van der Waals surface area contributed by atoms with Crippen molar-refractivity contribution in [2.45, 2.75) is 13.0 Å². The number of benzene rings is 1. The van der Waals surface area contributed by atoms with Crippen LogP contribution < -0.4 is 16.8 Å². The molecule has 6 N–H and O–H groups in total. The normalized spacial score (nSPS) is 11.9. The lowest BCUT2D eigenvalue weighted by Crippen LogP contribution is -2.38. The van der Waals surface area contributed by atoms with Crippen LogP contribution in [0.2, 0.25) is 5.02 Å². The third kappa shape index (κ3) is 3.01. The van der Waals surface area contributed by atoms with Crippen molar-refractivity contribution in [2.24, 2.45) is 0 Å². The van der Waals surface area contributed by atoms with Gasteiger partial charge in [-0.05, 0) is 19.1 Å². The van der Waals surface area contributed by atoms with Crippen molar-refractivity contribution in [2.75, 3.05) is 11.5 Å². The van der Waals surface area contributed by atoms with Gasteiger partial charge >= 0.3 is 5.97 Å². The molecule has 6 nitrogen and oxygen atoms in total. The van der Waals surface area contributed by atoms with Gasteiger partial charge in [0.05, 0.1) is 16.9 Å². The van der Waals surface area contributed by atoms with Gasteiger partial charge in [0.1, 0.15) is 6.04 Å². The molecule has 1 aromatic carbocycles. The van der Waals surface area contributed by atoms with E-state index in [4.69, 9.17) is 28.2 Å². The van der Waals surface area contributed by atoms with Crippen molar-refractivity contribution in [1.82, 2.24) is 5.32 Å². The summed E-state index contributed by atoms with van der Waals surface area (Å²) in [5.74, 6) is -1.78. The average Bonchev–Trinajstić information content (AvgIpc) is 2.22. The summed E-state index contributed by atoms with van der Waals surface area (Å²) in [7, 11) is 0. The summed E-state index contributed by atoms with van der Waals surface area (Å²) in [4.78, 5) is 22.3. The Morgan fingerprint density at radius 1 is 1.41 bits per heavy atom. The van der Waals surface area contributed by atoms with Crippen LogP contribution in [-0.2, 0) is 4.79 Å². The molecule has 1 unspecified atom stereocenters. The van der Waals surface area contributed by atoms with Crippen LogP contribution in [0.4, 0.5) is 11.4 Å². The predicted octanol–water partition coefficient (Wildman–Crippen LogP) is 0.707. The molecule has 1 atom stereocenters. The van der Waals surface area contributed by atoms with Crippen LogP contribution in [0.3, 0.4) is 0 Å². The van der Waals surface area contributed by atoms with E-state index >= 15 is 0 Å². The lowest BCUT2D eigenvalue weighted by atomic mass is 10.1. The van der Waals surface area contributed by atoms with Gasteiger partial charge in [-0.25, -0.2) is 0 Å². The maximum absolute atomic E-state index is 11.7. The molecule has 0 saturated carbocycles. The van der Waals surface area contributed by atoms with Gasteiger partial charge in [-0.15, -0.1) is 0 Å². The topological polar surface area (TPSA) is 118 Å². The number of rotatable bonds is 3. The Morgan fingerprint density at radius 2 is 2.00 bits per heavy atom. The summed E-state index contributed by atoms with van der Waals surface area (Å²) in [6, 6.07) is 1.72. The lowest BCUT2D eigenvalue weighted by molar-refractivity contribution is -0.138. The molecule has 1 aromatic rings. The van der Waals surface area contributed by atoms with E-state index in [2.05, 4.69) is 5.32 Å². The predicted molar refractivity (Wildman–Crippen MR) is 64.8 cm³/mol. The molecule has 0 aromatic heterocycles. The number of aliphatic carboxylic acids is 1. The van der Waals surface area contributed by atoms with Gasteiger partial charge in [-0.2, -0.15) is 0 Å². The summed E-state index contributed by atoms with van der Waals surface area (Å²) in [6.07, 6.45) is 0. The molecule has 0 aliphatic carbocycles. The zero-order valence-corrected chi connectivity index (χ0v) is 9.78. The first kappa shape index (κ1) is 13.1. The number of anilines is 2. The number of carboxylic acid groups (broad SMARTS) is 1. The molecule has 0 fully saturated rings. The van der Waals surface area contributed by atoms with Crippen molar-refractivity contribution < 1.29 is 14.7 Å². The molecule has 0 saturated heterocycles. The van der Waals surface area contributed by atoms with Gasteiger partial charge in [0.15, 0.2) is 0 Å². The fraction of sp³-hybridized carbons (Fsp3) is 0.200. The van der Waals surface area contributed by atoms with E-state index in [1.807, 2.05) is 0 Å². The zero-order valence-electron chi connectivity index (χ0n) is 9.03. The second-order valence-electron chi connectivity index (χ2n) is 3.49. The molecule has 1 amide bonds. The minimum atomic E-state index is -1.15. The van der Waals surface area contributed by atoms with Crippen LogP contribution in [0.5, 0.6) is 0 Å². The molecule has 0 aliphatic rings. The number of hydrogen-bond donors (Lipinski definition) is 4. The highest BCUT2D eigenvalue weighted by Gasteiger charge is 2.18. The first-order valence-electron chi connectivity index (χ1n) is 4.71. The molecule has 17 heavy (non-hydrogen) atoms. The summed E-state index contributed by atoms with van der Waals surface area (Å²) in [5, 5.41) is 11.2. The Morgan fingerprint density at radius 3 is 2.53 bits per heavy atom. The Kier molecular flexibility index (Phi) is 3.80. The molecular formula is C10H12ClN3O3. The quantitative estimate of drug-likeness (QED) is 0.595. The van der Waals surface area contributed by atoms with Gasteiger partial charge in [0.25, 0.3) is 5.91 Å². The smallest absolute Gasteiger partial charge is 0.325 e. The van der Waals surface area contributed by atoms with Crippen molar-refractivity contribution in [3.8, 4) is 0 Å². The van der Waals surface area contributed by atoms with Gasteiger partial charge < -0.3 is 21.9 Å². The van der Waals surface area contributed by atoms with Crippen molar-refractivity contribution in [3.05, 3.63) is 22.7 Å². The van der Waals surface area contributed by atoms with E-state index in [1.54, 1.807) is 0 Å². The maximum atomic E-state index is 11.7. The number of amides is 1. The number of nitrogens with one attached hydrogen (secondary N) is 1. The van der Waals surface area contributed by atoms with E-state index in [0.717, 1.165) is 0 Å². The molecule has 7 heteroatoms. The second kappa shape index (κ2) is 4.92. The number of nitrogen functional groups attached to an aromatic ring is 2. The SMILES string of the molecule is CC(NC(=O)c1cc(Cl)cc(N)c1N)C(=O)O. The number of halogens is 1.